The fraction of sp³-hybridized carbons (Fsp3) is 0.111. The van der Waals surface area contributed by atoms with E-state index < -0.39 is 22.2 Å². The number of carbonyl (C=O) groups excluding carboxylic acids is 2. The topological polar surface area (TPSA) is 104 Å². The summed E-state index contributed by atoms with van der Waals surface area (Å²) in [5.74, 6) is -1.46. The Balaban J connectivity index is 2.10. The maximum atomic E-state index is 11.8. The van der Waals surface area contributed by atoms with Gasteiger partial charge in [0.25, 0.3) is 11.8 Å². The summed E-state index contributed by atoms with van der Waals surface area (Å²) in [6, 6.07) is 6.20. The van der Waals surface area contributed by atoms with Gasteiger partial charge in [0.15, 0.2) is 0 Å². The fourth-order valence-electron chi connectivity index (χ4n) is 1.49. The molecule has 0 aromatic heterocycles. The number of hydrogen-bond donors (Lipinski definition) is 0. The summed E-state index contributed by atoms with van der Waals surface area (Å²) in [4.78, 5) is 24.3. The average molecular weight is 288 g/mol. The summed E-state index contributed by atoms with van der Waals surface area (Å²) in [6.45, 7) is 0. The molecule has 0 radical (unpaired) electrons. The molecule has 1 aliphatic rings. The third-order valence-electron chi connectivity index (χ3n) is 2.19. The van der Waals surface area contributed by atoms with E-state index in [1.165, 1.54) is 12.1 Å². The Labute approximate surface area is 107 Å². The quantitative estimate of drug-likeness (QED) is 0.341. The van der Waals surface area contributed by atoms with E-state index in [1.54, 1.807) is 12.1 Å². The van der Waals surface area contributed by atoms with Gasteiger partial charge in [-0.05, 0) is 12.1 Å². The van der Waals surface area contributed by atoms with Crippen molar-refractivity contribution in [3.63, 3.8) is 0 Å². The molecule has 0 saturated carbocycles. The number of nitrogens with zero attached hydrogens (tertiary/aromatic N) is 1. The van der Waals surface area contributed by atoms with Crippen LogP contribution in [0.1, 0.15) is 20.7 Å². The van der Waals surface area contributed by atoms with Crippen molar-refractivity contribution in [2.75, 3.05) is 5.88 Å². The number of hydrogen-bond acceptors (Lipinski definition) is 7. The van der Waals surface area contributed by atoms with Crippen LogP contribution in [-0.4, -0.2) is 35.6 Å². The van der Waals surface area contributed by atoms with E-state index >= 15 is 0 Å². The van der Waals surface area contributed by atoms with Gasteiger partial charge in [-0.2, -0.15) is 0 Å². The first kappa shape index (κ1) is 13.0. The van der Waals surface area contributed by atoms with Crippen LogP contribution in [0.2, 0.25) is 0 Å². The van der Waals surface area contributed by atoms with Crippen molar-refractivity contribution >= 4 is 34.3 Å². The summed E-state index contributed by atoms with van der Waals surface area (Å²) in [5, 5.41) is 0. The van der Waals surface area contributed by atoms with Crippen molar-refractivity contribution in [2.24, 2.45) is 0 Å². The van der Waals surface area contributed by atoms with Crippen LogP contribution in [0.3, 0.4) is 0 Å². The predicted molar refractivity (Wildman–Crippen MR) is 60.2 cm³/mol. The minimum atomic E-state index is -4.85. The second-order valence-corrected chi connectivity index (χ2v) is 5.16. The first-order valence-electron chi connectivity index (χ1n) is 4.62. The molecule has 1 aliphatic heterocycles. The molecular weight excluding hydrogens is 282 g/mol. The highest BCUT2D eigenvalue weighted by molar-refractivity contribution is 8.02. The SMILES string of the molecule is O=C1c2ccccc2C(=O)N1CSOS(=O)(=O)[O-]. The first-order chi connectivity index (χ1) is 8.40. The monoisotopic (exact) mass is 288 g/mol. The number of imide groups is 1. The Kier molecular flexibility index (Phi) is 3.39. The molecule has 1 heterocycles. The van der Waals surface area contributed by atoms with E-state index in [1.807, 2.05) is 0 Å². The molecule has 1 aromatic carbocycles. The highest BCUT2D eigenvalue weighted by atomic mass is 32.3. The van der Waals surface area contributed by atoms with Crippen LogP contribution in [0, 0.1) is 0 Å². The maximum Gasteiger partial charge on any atom is 0.262 e. The molecule has 0 aliphatic carbocycles. The maximum absolute atomic E-state index is 11.8. The number of benzene rings is 1. The molecule has 9 heteroatoms. The minimum Gasteiger partial charge on any atom is -0.725 e. The summed E-state index contributed by atoms with van der Waals surface area (Å²) < 4.78 is 34.5. The molecule has 96 valence electrons. The number of fused-ring (bicyclic) bond motifs is 1. The van der Waals surface area contributed by atoms with Crippen molar-refractivity contribution in [3.05, 3.63) is 35.4 Å². The Morgan fingerprint density at radius 2 is 1.67 bits per heavy atom. The van der Waals surface area contributed by atoms with E-state index in [4.69, 9.17) is 0 Å². The van der Waals surface area contributed by atoms with Gasteiger partial charge in [-0.15, -0.1) is 0 Å². The second-order valence-electron chi connectivity index (χ2n) is 3.31. The molecule has 0 unspecified atom stereocenters. The zero-order valence-corrected chi connectivity index (χ0v) is 10.4. The molecule has 0 N–H and O–H groups in total. The van der Waals surface area contributed by atoms with E-state index in [-0.39, 0.29) is 29.0 Å². The fourth-order valence-corrected chi connectivity index (χ4v) is 2.47. The standard InChI is InChI=1S/C9H7NO6S2/c11-8-6-3-1-2-4-7(6)9(12)10(8)5-17-16-18(13,14)15/h1-4H,5H2,(H,13,14,15)/p-1. The Hall–Kier alpha value is -1.42. The smallest absolute Gasteiger partial charge is 0.262 e. The van der Waals surface area contributed by atoms with Crippen LogP contribution in [0.4, 0.5) is 0 Å². The van der Waals surface area contributed by atoms with Crippen molar-refractivity contribution in [1.29, 1.82) is 0 Å². The lowest BCUT2D eigenvalue weighted by molar-refractivity contribution is 0.0682. The molecule has 0 bridgehead atoms. The van der Waals surface area contributed by atoms with E-state index in [9.17, 15) is 22.6 Å². The molecule has 7 nitrogen and oxygen atoms in total. The highest BCUT2D eigenvalue weighted by Crippen LogP contribution is 2.24. The first-order valence-corrected chi connectivity index (χ1v) is 6.87. The Morgan fingerprint density at radius 3 is 2.11 bits per heavy atom. The van der Waals surface area contributed by atoms with Crippen LogP contribution in [-0.2, 0) is 14.0 Å². The normalized spacial score (nSPS) is 15.1. The van der Waals surface area contributed by atoms with Gasteiger partial charge in [0.05, 0.1) is 11.1 Å². The molecule has 1 aromatic rings. The van der Waals surface area contributed by atoms with Crippen molar-refractivity contribution < 1.29 is 26.2 Å². The number of rotatable bonds is 4. The lowest BCUT2D eigenvalue weighted by atomic mass is 10.1. The summed E-state index contributed by atoms with van der Waals surface area (Å²) in [7, 11) is -4.85. The van der Waals surface area contributed by atoms with Gasteiger partial charge in [-0.3, -0.25) is 14.5 Å². The predicted octanol–water partition coefficient (Wildman–Crippen LogP) is 0.365. The van der Waals surface area contributed by atoms with Crippen LogP contribution in [0.15, 0.2) is 24.3 Å². The molecule has 0 spiro atoms. The largest absolute Gasteiger partial charge is 0.725 e. The molecule has 18 heavy (non-hydrogen) atoms. The van der Waals surface area contributed by atoms with E-state index in [0.29, 0.717) is 0 Å². The highest BCUT2D eigenvalue weighted by Gasteiger charge is 2.35. The van der Waals surface area contributed by atoms with Crippen LogP contribution in [0.25, 0.3) is 0 Å². The van der Waals surface area contributed by atoms with Gasteiger partial charge in [-0.25, -0.2) is 12.0 Å². The molecule has 2 amide bonds. The lowest BCUT2D eigenvalue weighted by Gasteiger charge is -2.13. The van der Waals surface area contributed by atoms with Crippen LogP contribution < -0.4 is 0 Å². The molecule has 0 saturated heterocycles. The third kappa shape index (κ3) is 2.53. The molecule has 2 rings (SSSR count). The molecule has 0 atom stereocenters. The van der Waals surface area contributed by atoms with Gasteiger partial charge in [0.2, 0.25) is 10.4 Å². The molecular formula is C9H6NO6S2-. The van der Waals surface area contributed by atoms with Crippen molar-refractivity contribution in [3.8, 4) is 0 Å². The van der Waals surface area contributed by atoms with Gasteiger partial charge in [0, 0.05) is 12.0 Å². The summed E-state index contributed by atoms with van der Waals surface area (Å²) in [5.41, 5.74) is 0.487. The third-order valence-corrected chi connectivity index (χ3v) is 3.61. The Morgan fingerprint density at radius 1 is 1.17 bits per heavy atom. The number of amides is 2. The average Bonchev–Trinajstić information content (AvgIpc) is 2.53. The summed E-state index contributed by atoms with van der Waals surface area (Å²) in [6.07, 6.45) is 0. The lowest BCUT2D eigenvalue weighted by Crippen LogP contribution is -2.29. The van der Waals surface area contributed by atoms with Gasteiger partial charge >= 0.3 is 0 Å². The van der Waals surface area contributed by atoms with Crippen molar-refractivity contribution in [2.45, 2.75) is 0 Å². The van der Waals surface area contributed by atoms with Gasteiger partial charge in [-0.1, -0.05) is 12.1 Å². The van der Waals surface area contributed by atoms with Crippen molar-refractivity contribution in [1.82, 2.24) is 4.90 Å². The van der Waals surface area contributed by atoms with E-state index in [2.05, 4.69) is 3.63 Å². The van der Waals surface area contributed by atoms with Gasteiger partial charge < -0.3 is 4.55 Å². The van der Waals surface area contributed by atoms with Crippen LogP contribution in [0.5, 0.6) is 0 Å². The van der Waals surface area contributed by atoms with E-state index in [0.717, 1.165) is 4.90 Å². The molecule has 0 fully saturated rings. The Bertz CT molecular complexity index is 576. The number of carbonyl (C=O) groups is 2. The second kappa shape index (κ2) is 4.69. The zero-order chi connectivity index (χ0) is 13.3. The minimum absolute atomic E-state index is 0.219. The zero-order valence-electron chi connectivity index (χ0n) is 8.73. The van der Waals surface area contributed by atoms with Crippen LogP contribution >= 0.6 is 12.0 Å². The van der Waals surface area contributed by atoms with Gasteiger partial charge in [0.1, 0.15) is 5.88 Å². The summed E-state index contributed by atoms with van der Waals surface area (Å²) >= 11 is 0.219.